The number of aryl methyl sites for hydroxylation is 1. The van der Waals surface area contributed by atoms with Gasteiger partial charge in [-0.15, -0.1) is 0 Å². The molecule has 0 amide bonds. The van der Waals surface area contributed by atoms with Gasteiger partial charge >= 0.3 is 0 Å². The molecule has 3 aromatic carbocycles. The van der Waals surface area contributed by atoms with Crippen LogP contribution in [0.1, 0.15) is 5.56 Å². The topological polar surface area (TPSA) is 17.3 Å². The first-order chi connectivity index (χ1) is 12.8. The average molecular weight is 332 g/mol. The van der Waals surface area contributed by atoms with E-state index in [4.69, 9.17) is 0 Å². The van der Waals surface area contributed by atoms with Gasteiger partial charge in [-0.05, 0) is 42.8 Å². The Labute approximate surface area is 150 Å². The zero-order chi connectivity index (χ0) is 17.3. The number of pyridine rings is 1. The molecule has 0 fully saturated rings. The molecule has 26 heavy (non-hydrogen) atoms. The van der Waals surface area contributed by atoms with E-state index in [1.807, 2.05) is 18.3 Å². The second-order valence-electron chi connectivity index (χ2n) is 6.95. The summed E-state index contributed by atoms with van der Waals surface area (Å²) in [5.41, 5.74) is 7.36. The molecule has 0 aliphatic carbocycles. The number of hydrogen-bond donors (Lipinski definition) is 0. The number of hydrogen-bond acceptors (Lipinski definition) is 1. The molecular formula is C24H16N2. The van der Waals surface area contributed by atoms with Crippen LogP contribution in [-0.4, -0.2) is 9.38 Å². The van der Waals surface area contributed by atoms with Gasteiger partial charge in [-0.1, -0.05) is 42.5 Å². The van der Waals surface area contributed by atoms with E-state index < -0.39 is 0 Å². The SMILES string of the molecule is Cc1cc2c(cc1-c1ccccn1)c1cccc3c4ccccc4n2c31. The summed E-state index contributed by atoms with van der Waals surface area (Å²) in [6.45, 7) is 2.18. The molecule has 0 N–H and O–H groups in total. The maximum absolute atomic E-state index is 4.56. The molecule has 0 saturated carbocycles. The smallest absolute Gasteiger partial charge is 0.0704 e. The molecule has 6 aromatic rings. The fraction of sp³-hybridized carbons (Fsp3) is 0.0417. The predicted molar refractivity (Wildman–Crippen MR) is 109 cm³/mol. The van der Waals surface area contributed by atoms with E-state index in [0.717, 1.165) is 5.69 Å². The van der Waals surface area contributed by atoms with Crippen molar-refractivity contribution in [1.82, 2.24) is 9.38 Å². The third-order valence-corrected chi connectivity index (χ3v) is 5.51. The molecule has 122 valence electrons. The number of para-hydroxylation sites is 2. The third-order valence-electron chi connectivity index (χ3n) is 5.51. The number of aromatic nitrogens is 2. The quantitative estimate of drug-likeness (QED) is 0.350. The first-order valence-corrected chi connectivity index (χ1v) is 8.92. The highest BCUT2D eigenvalue weighted by Gasteiger charge is 2.18. The summed E-state index contributed by atoms with van der Waals surface area (Å²) < 4.78 is 2.42. The van der Waals surface area contributed by atoms with E-state index in [1.54, 1.807) is 0 Å². The van der Waals surface area contributed by atoms with Gasteiger partial charge in [0.2, 0.25) is 0 Å². The monoisotopic (exact) mass is 332 g/mol. The van der Waals surface area contributed by atoms with E-state index in [0.29, 0.717) is 0 Å². The molecule has 3 heterocycles. The highest BCUT2D eigenvalue weighted by Crippen LogP contribution is 2.40. The van der Waals surface area contributed by atoms with Crippen LogP contribution in [0.4, 0.5) is 0 Å². The molecule has 3 aromatic heterocycles. The minimum atomic E-state index is 1.03. The van der Waals surface area contributed by atoms with Crippen molar-refractivity contribution in [3.63, 3.8) is 0 Å². The number of fused-ring (bicyclic) bond motifs is 6. The molecular weight excluding hydrogens is 316 g/mol. The Morgan fingerprint density at radius 1 is 0.692 bits per heavy atom. The van der Waals surface area contributed by atoms with E-state index in [2.05, 4.69) is 77.0 Å². The van der Waals surface area contributed by atoms with Crippen LogP contribution >= 0.6 is 0 Å². The fourth-order valence-corrected chi connectivity index (χ4v) is 4.38. The van der Waals surface area contributed by atoms with Gasteiger partial charge in [0, 0.05) is 33.3 Å². The fourth-order valence-electron chi connectivity index (χ4n) is 4.38. The number of rotatable bonds is 1. The van der Waals surface area contributed by atoms with Gasteiger partial charge in [-0.3, -0.25) is 4.98 Å². The summed E-state index contributed by atoms with van der Waals surface area (Å²) in [6, 6.07) is 26.0. The standard InChI is InChI=1S/C24H16N2/c1-15-13-23-20(14-19(15)21-10-4-5-12-25-21)18-9-6-8-17-16-7-2-3-11-22(16)26(23)24(17)18/h2-14H,1H3. The first-order valence-electron chi connectivity index (χ1n) is 8.92. The lowest BCUT2D eigenvalue weighted by Crippen LogP contribution is -1.88. The predicted octanol–water partition coefficient (Wildman–Crippen LogP) is 6.21. The van der Waals surface area contributed by atoms with Crippen LogP contribution in [-0.2, 0) is 0 Å². The lowest BCUT2D eigenvalue weighted by molar-refractivity contribution is 1.30. The van der Waals surface area contributed by atoms with Gasteiger partial charge in [0.15, 0.2) is 0 Å². The van der Waals surface area contributed by atoms with Gasteiger partial charge in [-0.25, -0.2) is 0 Å². The second kappa shape index (κ2) is 4.83. The molecule has 0 aliphatic heterocycles. The number of benzene rings is 3. The maximum Gasteiger partial charge on any atom is 0.0704 e. The van der Waals surface area contributed by atoms with Gasteiger partial charge in [-0.2, -0.15) is 0 Å². The Bertz CT molecular complexity index is 1430. The summed E-state index contributed by atoms with van der Waals surface area (Å²) in [6.07, 6.45) is 1.86. The zero-order valence-electron chi connectivity index (χ0n) is 14.4. The average Bonchev–Trinajstić information content (AvgIpc) is 3.19. The largest absolute Gasteiger partial charge is 0.308 e. The Balaban J connectivity index is 1.85. The maximum atomic E-state index is 4.56. The van der Waals surface area contributed by atoms with Gasteiger partial charge in [0.1, 0.15) is 0 Å². The van der Waals surface area contributed by atoms with Gasteiger partial charge in [0.25, 0.3) is 0 Å². The van der Waals surface area contributed by atoms with Crippen LogP contribution in [0.25, 0.3) is 49.4 Å². The molecule has 0 aliphatic rings. The molecule has 0 atom stereocenters. The summed E-state index contributed by atoms with van der Waals surface area (Å²) in [5.74, 6) is 0. The molecule has 2 nitrogen and oxygen atoms in total. The van der Waals surface area contributed by atoms with Crippen molar-refractivity contribution in [1.29, 1.82) is 0 Å². The van der Waals surface area contributed by atoms with E-state index in [-0.39, 0.29) is 0 Å². The van der Waals surface area contributed by atoms with Crippen molar-refractivity contribution in [3.05, 3.63) is 84.6 Å². The summed E-state index contributed by atoms with van der Waals surface area (Å²) in [5, 5.41) is 5.25. The molecule has 2 heteroatoms. The van der Waals surface area contributed by atoms with Crippen LogP contribution in [0.3, 0.4) is 0 Å². The van der Waals surface area contributed by atoms with Crippen molar-refractivity contribution >= 4 is 38.1 Å². The highest BCUT2D eigenvalue weighted by molar-refractivity contribution is 6.23. The summed E-state index contributed by atoms with van der Waals surface area (Å²) >= 11 is 0. The van der Waals surface area contributed by atoms with E-state index in [9.17, 15) is 0 Å². The molecule has 0 spiro atoms. The van der Waals surface area contributed by atoms with Crippen molar-refractivity contribution < 1.29 is 0 Å². The Morgan fingerprint density at radius 2 is 1.46 bits per heavy atom. The summed E-state index contributed by atoms with van der Waals surface area (Å²) in [4.78, 5) is 4.56. The molecule has 0 bridgehead atoms. The lowest BCUT2D eigenvalue weighted by atomic mass is 10.0. The Morgan fingerprint density at radius 3 is 2.31 bits per heavy atom. The highest BCUT2D eigenvalue weighted by atomic mass is 14.9. The molecule has 6 rings (SSSR count). The summed E-state index contributed by atoms with van der Waals surface area (Å²) in [7, 11) is 0. The van der Waals surface area contributed by atoms with Crippen LogP contribution in [0.2, 0.25) is 0 Å². The minimum absolute atomic E-state index is 1.03. The minimum Gasteiger partial charge on any atom is -0.308 e. The van der Waals surface area contributed by atoms with Gasteiger partial charge < -0.3 is 4.40 Å². The zero-order valence-corrected chi connectivity index (χ0v) is 14.4. The van der Waals surface area contributed by atoms with Gasteiger partial charge in [0.05, 0.1) is 22.2 Å². The second-order valence-corrected chi connectivity index (χ2v) is 6.95. The third kappa shape index (κ3) is 1.64. The van der Waals surface area contributed by atoms with Crippen LogP contribution in [0.15, 0.2) is 79.0 Å². The van der Waals surface area contributed by atoms with Crippen LogP contribution < -0.4 is 0 Å². The van der Waals surface area contributed by atoms with Crippen molar-refractivity contribution in [3.8, 4) is 11.3 Å². The van der Waals surface area contributed by atoms with E-state index in [1.165, 1.54) is 49.2 Å². The number of nitrogens with zero attached hydrogens (tertiary/aromatic N) is 2. The normalized spacial score (nSPS) is 12.0. The Hall–Kier alpha value is -3.39. The van der Waals surface area contributed by atoms with E-state index >= 15 is 0 Å². The molecule has 0 unspecified atom stereocenters. The van der Waals surface area contributed by atoms with Crippen molar-refractivity contribution in [2.45, 2.75) is 6.92 Å². The Kier molecular flexibility index (Phi) is 2.57. The lowest BCUT2D eigenvalue weighted by Gasteiger charge is -2.07. The van der Waals surface area contributed by atoms with Crippen molar-refractivity contribution in [2.75, 3.05) is 0 Å². The van der Waals surface area contributed by atoms with Crippen LogP contribution in [0.5, 0.6) is 0 Å². The van der Waals surface area contributed by atoms with Crippen molar-refractivity contribution in [2.24, 2.45) is 0 Å². The van der Waals surface area contributed by atoms with Crippen LogP contribution in [0, 0.1) is 6.92 Å². The first kappa shape index (κ1) is 13.9. The molecule has 0 saturated heterocycles. The molecule has 0 radical (unpaired) electrons.